The maximum atomic E-state index is 5.88. The molecule has 0 radical (unpaired) electrons. The smallest absolute Gasteiger partial charge is 0.299 e. The molecule has 4 aromatic rings. The van der Waals surface area contributed by atoms with Gasteiger partial charge in [-0.15, -0.1) is 0 Å². The number of nitrogens with zero attached hydrogens (tertiary/aromatic N) is 2. The predicted octanol–water partition coefficient (Wildman–Crippen LogP) is 4.61. The van der Waals surface area contributed by atoms with Crippen molar-refractivity contribution in [2.24, 2.45) is 0 Å². The second-order valence-corrected chi connectivity index (χ2v) is 5.27. The van der Waals surface area contributed by atoms with Crippen LogP contribution in [0.1, 0.15) is 0 Å². The molecule has 6 heteroatoms. The van der Waals surface area contributed by atoms with Crippen molar-refractivity contribution in [3.63, 3.8) is 0 Å². The molecule has 0 atom stereocenters. The second kappa shape index (κ2) is 5.20. The van der Waals surface area contributed by atoms with Crippen molar-refractivity contribution in [3.8, 4) is 11.3 Å². The molecule has 0 saturated carbocycles. The molecule has 2 aromatic heterocycles. The van der Waals surface area contributed by atoms with E-state index in [4.69, 9.17) is 16.0 Å². The van der Waals surface area contributed by atoms with E-state index in [2.05, 4.69) is 20.5 Å². The average Bonchev–Trinajstić information content (AvgIpc) is 3.17. The van der Waals surface area contributed by atoms with Gasteiger partial charge >= 0.3 is 0 Å². The number of nitrogens with one attached hydrogen (secondary N) is 2. The first-order valence-electron chi connectivity index (χ1n) is 6.70. The lowest BCUT2D eigenvalue weighted by atomic mass is 10.2. The summed E-state index contributed by atoms with van der Waals surface area (Å²) in [6.07, 6.45) is 3.46. The summed E-state index contributed by atoms with van der Waals surface area (Å²) in [4.78, 5) is 4.24. The van der Waals surface area contributed by atoms with E-state index in [-0.39, 0.29) is 0 Å². The fourth-order valence-electron chi connectivity index (χ4n) is 2.22. The minimum atomic E-state index is 0.434. The van der Waals surface area contributed by atoms with Gasteiger partial charge in [-0.3, -0.25) is 5.10 Å². The number of aromatic amines is 1. The van der Waals surface area contributed by atoms with Gasteiger partial charge in [0.1, 0.15) is 0 Å². The summed E-state index contributed by atoms with van der Waals surface area (Å²) in [5, 5.41) is 11.8. The van der Waals surface area contributed by atoms with Crippen molar-refractivity contribution in [2.75, 3.05) is 5.32 Å². The maximum absolute atomic E-state index is 5.88. The molecule has 2 aromatic carbocycles. The molecule has 0 aliphatic rings. The molecule has 0 bridgehead atoms. The molecule has 0 fully saturated rings. The van der Waals surface area contributed by atoms with Crippen LogP contribution in [-0.4, -0.2) is 15.2 Å². The number of hydrogen-bond donors (Lipinski definition) is 2. The summed E-state index contributed by atoms with van der Waals surface area (Å²) in [5.74, 6) is 0.682. The Bertz CT molecular complexity index is 927. The van der Waals surface area contributed by atoms with E-state index < -0.39 is 0 Å². The van der Waals surface area contributed by atoms with E-state index in [0.29, 0.717) is 16.8 Å². The molecule has 22 heavy (non-hydrogen) atoms. The molecule has 0 spiro atoms. The number of aromatic nitrogens is 3. The number of H-pyrrole nitrogens is 1. The topological polar surface area (TPSA) is 66.7 Å². The Balaban J connectivity index is 1.59. The van der Waals surface area contributed by atoms with Gasteiger partial charge in [-0.2, -0.15) is 5.10 Å². The third kappa shape index (κ3) is 2.42. The molecule has 2 N–H and O–H groups in total. The zero-order valence-corrected chi connectivity index (χ0v) is 12.1. The lowest BCUT2D eigenvalue weighted by molar-refractivity contribution is 0.592. The highest BCUT2D eigenvalue weighted by atomic mass is 35.5. The Hall–Kier alpha value is -2.79. The molecule has 4 rings (SSSR count). The summed E-state index contributed by atoms with van der Waals surface area (Å²) in [6.45, 7) is 0. The van der Waals surface area contributed by atoms with E-state index in [1.54, 1.807) is 12.4 Å². The van der Waals surface area contributed by atoms with Crippen molar-refractivity contribution in [1.29, 1.82) is 0 Å². The first kappa shape index (κ1) is 12.9. The molecule has 0 unspecified atom stereocenters. The predicted molar refractivity (Wildman–Crippen MR) is 86.3 cm³/mol. The molecule has 5 nitrogen and oxygen atoms in total. The van der Waals surface area contributed by atoms with Crippen LogP contribution in [0.25, 0.3) is 22.2 Å². The molecular formula is C16H11ClN4O. The third-order valence-corrected chi connectivity index (χ3v) is 3.58. The number of benzene rings is 2. The highest BCUT2D eigenvalue weighted by Crippen LogP contribution is 2.26. The fraction of sp³-hybridized carbons (Fsp3) is 0. The number of anilines is 2. The van der Waals surface area contributed by atoms with Gasteiger partial charge in [-0.05, 0) is 42.5 Å². The van der Waals surface area contributed by atoms with E-state index in [1.165, 1.54) is 0 Å². The van der Waals surface area contributed by atoms with Crippen LogP contribution in [0.2, 0.25) is 5.02 Å². The Labute approximate surface area is 130 Å². The van der Waals surface area contributed by atoms with Crippen molar-refractivity contribution < 1.29 is 4.42 Å². The van der Waals surface area contributed by atoms with E-state index >= 15 is 0 Å². The maximum Gasteiger partial charge on any atom is 0.299 e. The van der Waals surface area contributed by atoms with Gasteiger partial charge in [0.05, 0.1) is 17.9 Å². The molecule has 0 aliphatic carbocycles. The van der Waals surface area contributed by atoms with Crippen LogP contribution < -0.4 is 5.32 Å². The van der Waals surface area contributed by atoms with Crippen molar-refractivity contribution in [3.05, 3.63) is 59.9 Å². The van der Waals surface area contributed by atoms with Crippen LogP contribution in [0.5, 0.6) is 0 Å². The molecule has 0 aliphatic heterocycles. The van der Waals surface area contributed by atoms with Crippen LogP contribution in [0.3, 0.4) is 0 Å². The summed E-state index contributed by atoms with van der Waals surface area (Å²) in [5.41, 5.74) is 2.75. The first-order chi connectivity index (χ1) is 10.8. The number of halogens is 1. The zero-order valence-electron chi connectivity index (χ0n) is 11.4. The largest absolute Gasteiger partial charge is 0.423 e. The SMILES string of the molecule is Clc1ccc(-c2cnc(Nc3ccc4cn[nH]c4c3)o2)cc1. The van der Waals surface area contributed by atoms with Gasteiger partial charge in [0.15, 0.2) is 5.76 Å². The minimum Gasteiger partial charge on any atom is -0.423 e. The second-order valence-electron chi connectivity index (χ2n) is 4.83. The van der Waals surface area contributed by atoms with Crippen LogP contribution in [-0.2, 0) is 0 Å². The van der Waals surface area contributed by atoms with Gasteiger partial charge in [0, 0.05) is 21.7 Å². The van der Waals surface area contributed by atoms with Crippen LogP contribution in [0.4, 0.5) is 11.7 Å². The molecular weight excluding hydrogens is 300 g/mol. The molecule has 0 saturated heterocycles. The van der Waals surface area contributed by atoms with E-state index in [1.807, 2.05) is 42.5 Å². The van der Waals surface area contributed by atoms with Gasteiger partial charge in [-0.1, -0.05) is 11.6 Å². The van der Waals surface area contributed by atoms with Crippen LogP contribution in [0, 0.1) is 0 Å². The van der Waals surface area contributed by atoms with E-state index in [0.717, 1.165) is 22.2 Å². The minimum absolute atomic E-state index is 0.434. The Morgan fingerprint density at radius 1 is 1.05 bits per heavy atom. The number of hydrogen-bond acceptors (Lipinski definition) is 4. The first-order valence-corrected chi connectivity index (χ1v) is 7.08. The van der Waals surface area contributed by atoms with Gasteiger partial charge in [0.25, 0.3) is 6.01 Å². The van der Waals surface area contributed by atoms with Crippen LogP contribution in [0.15, 0.2) is 59.3 Å². The molecule has 108 valence electrons. The normalized spacial score (nSPS) is 11.0. The Morgan fingerprint density at radius 2 is 1.91 bits per heavy atom. The zero-order chi connectivity index (χ0) is 14.9. The quantitative estimate of drug-likeness (QED) is 0.579. The van der Waals surface area contributed by atoms with Gasteiger partial charge in [0.2, 0.25) is 0 Å². The number of rotatable bonds is 3. The van der Waals surface area contributed by atoms with Gasteiger partial charge in [-0.25, -0.2) is 4.98 Å². The van der Waals surface area contributed by atoms with Crippen LogP contribution >= 0.6 is 11.6 Å². The highest BCUT2D eigenvalue weighted by Gasteiger charge is 2.07. The lowest BCUT2D eigenvalue weighted by Gasteiger charge is -2.01. The standard InChI is InChI=1S/C16H11ClN4O/c17-12-4-1-10(2-5-12)15-9-18-16(22-15)20-13-6-3-11-8-19-21-14(11)7-13/h1-9H,(H,18,20)(H,19,21). The summed E-state index contributed by atoms with van der Waals surface area (Å²) >= 11 is 5.88. The summed E-state index contributed by atoms with van der Waals surface area (Å²) in [7, 11) is 0. The van der Waals surface area contributed by atoms with Crippen molar-refractivity contribution >= 4 is 34.2 Å². The number of oxazole rings is 1. The van der Waals surface area contributed by atoms with E-state index in [9.17, 15) is 0 Å². The summed E-state index contributed by atoms with van der Waals surface area (Å²) < 4.78 is 5.72. The summed E-state index contributed by atoms with van der Waals surface area (Å²) in [6, 6.07) is 13.7. The third-order valence-electron chi connectivity index (χ3n) is 3.33. The lowest BCUT2D eigenvalue weighted by Crippen LogP contribution is -1.89. The van der Waals surface area contributed by atoms with Crippen molar-refractivity contribution in [2.45, 2.75) is 0 Å². The Morgan fingerprint density at radius 3 is 2.77 bits per heavy atom. The average molecular weight is 311 g/mol. The number of fused-ring (bicyclic) bond motifs is 1. The highest BCUT2D eigenvalue weighted by molar-refractivity contribution is 6.30. The fourth-order valence-corrected chi connectivity index (χ4v) is 2.34. The monoisotopic (exact) mass is 310 g/mol. The van der Waals surface area contributed by atoms with Crippen molar-refractivity contribution in [1.82, 2.24) is 15.2 Å². The molecule has 0 amide bonds. The van der Waals surface area contributed by atoms with Gasteiger partial charge < -0.3 is 9.73 Å². The Kier molecular flexibility index (Phi) is 3.05. The molecule has 2 heterocycles.